The van der Waals surface area contributed by atoms with E-state index in [9.17, 15) is 4.21 Å². The Bertz CT molecular complexity index is 1490. The van der Waals surface area contributed by atoms with E-state index in [1.165, 1.54) is 5.39 Å². The van der Waals surface area contributed by atoms with Gasteiger partial charge in [-0.05, 0) is 55.5 Å². The average Bonchev–Trinajstić information content (AvgIpc) is 3.16. The maximum Gasteiger partial charge on any atom is 0.190 e. The molecule has 0 spiro atoms. The van der Waals surface area contributed by atoms with Crippen LogP contribution in [0.25, 0.3) is 27.5 Å². The molecule has 156 valence electrons. The molecule has 0 aliphatic rings. The lowest BCUT2D eigenvalue weighted by atomic mass is 10.1. The van der Waals surface area contributed by atoms with Crippen LogP contribution in [0.1, 0.15) is 11.1 Å². The van der Waals surface area contributed by atoms with Crippen LogP contribution in [0.2, 0.25) is 0 Å². The number of nitrogens with zero attached hydrogens (tertiary/aromatic N) is 1. The Kier molecular flexibility index (Phi) is 5.60. The average molecular weight is 436 g/mol. The zero-order valence-corrected chi connectivity index (χ0v) is 18.4. The fraction of sp³-hybridized carbons (Fsp3) is 0.0714. The van der Waals surface area contributed by atoms with E-state index in [1.54, 1.807) is 0 Å². The molecule has 0 fully saturated rings. The Morgan fingerprint density at radius 2 is 1.53 bits per heavy atom. The van der Waals surface area contributed by atoms with Crippen molar-refractivity contribution in [3.8, 4) is 17.5 Å². The van der Waals surface area contributed by atoms with Gasteiger partial charge in [0.05, 0.1) is 15.9 Å². The van der Waals surface area contributed by atoms with Crippen LogP contribution in [0.4, 0.5) is 0 Å². The van der Waals surface area contributed by atoms with Gasteiger partial charge in [-0.15, -0.1) is 0 Å². The highest BCUT2D eigenvalue weighted by molar-refractivity contribution is 7.80. The Hall–Kier alpha value is -3.65. The molecule has 0 aliphatic heterocycles. The third kappa shape index (κ3) is 3.97. The Balaban J connectivity index is 1.43. The highest BCUT2D eigenvalue weighted by atomic mass is 32.2. The molecule has 5 aromatic rings. The molecule has 1 aromatic heterocycles. The second-order valence-electron chi connectivity index (χ2n) is 7.53. The summed E-state index contributed by atoms with van der Waals surface area (Å²) in [6.07, 6.45) is 0. The van der Waals surface area contributed by atoms with Crippen molar-refractivity contribution in [2.45, 2.75) is 11.8 Å². The second-order valence-corrected chi connectivity index (χ2v) is 8.71. The zero-order valence-electron chi connectivity index (χ0n) is 17.6. The fourth-order valence-electron chi connectivity index (χ4n) is 3.84. The summed E-state index contributed by atoms with van der Waals surface area (Å²) in [6.45, 7) is 2.09. The van der Waals surface area contributed by atoms with Gasteiger partial charge in [0, 0.05) is 22.0 Å². The lowest BCUT2D eigenvalue weighted by Gasteiger charge is -2.07. The minimum atomic E-state index is -1.51. The molecule has 3 nitrogen and oxygen atoms in total. The number of hydrogen-bond donors (Lipinski definition) is 0. The summed E-state index contributed by atoms with van der Waals surface area (Å²) in [5.74, 6) is 6.14. The zero-order chi connectivity index (χ0) is 21.9. The van der Waals surface area contributed by atoms with Crippen LogP contribution in [-0.2, 0) is 15.3 Å². The first-order valence-corrected chi connectivity index (χ1v) is 11.5. The summed E-state index contributed by atoms with van der Waals surface area (Å²) in [6, 6.07) is 32.5. The van der Waals surface area contributed by atoms with Gasteiger partial charge >= 0.3 is 0 Å². The smallest absolute Gasteiger partial charge is 0.190 e. The molecule has 0 saturated heterocycles. The summed E-state index contributed by atoms with van der Waals surface area (Å²) in [5.41, 5.74) is 5.45. The van der Waals surface area contributed by atoms with Gasteiger partial charge in [0.2, 0.25) is 0 Å². The first kappa shape index (κ1) is 20.3. The first-order chi connectivity index (χ1) is 15.7. The van der Waals surface area contributed by atoms with E-state index in [-0.39, 0.29) is 6.61 Å². The maximum atomic E-state index is 12.2. The molecule has 1 heterocycles. The van der Waals surface area contributed by atoms with E-state index in [0.717, 1.165) is 33.2 Å². The minimum Gasteiger partial charge on any atom is -0.309 e. The molecule has 4 heteroatoms. The number of aromatic nitrogens is 1. The Morgan fingerprint density at radius 3 is 2.34 bits per heavy atom. The van der Waals surface area contributed by atoms with Crippen LogP contribution < -0.4 is 0 Å². The number of hydrogen-bond acceptors (Lipinski definition) is 2. The van der Waals surface area contributed by atoms with Gasteiger partial charge in [0.25, 0.3) is 0 Å². The molecule has 0 radical (unpaired) electrons. The van der Waals surface area contributed by atoms with Crippen molar-refractivity contribution < 1.29 is 8.39 Å². The molecule has 0 saturated carbocycles. The molecule has 5 rings (SSSR count). The third-order valence-electron chi connectivity index (χ3n) is 5.37. The molecule has 4 aromatic carbocycles. The summed E-state index contributed by atoms with van der Waals surface area (Å²) in [4.78, 5) is 0.646. The molecule has 0 amide bonds. The highest BCUT2D eigenvalue weighted by Crippen LogP contribution is 2.32. The lowest BCUT2D eigenvalue weighted by Crippen LogP contribution is -1.98. The normalized spacial score (nSPS) is 11.9. The van der Waals surface area contributed by atoms with Crippen molar-refractivity contribution >= 4 is 32.9 Å². The van der Waals surface area contributed by atoms with Crippen LogP contribution in [0, 0.1) is 18.8 Å². The maximum absolute atomic E-state index is 12.2. The van der Waals surface area contributed by atoms with E-state index in [1.807, 2.05) is 43.3 Å². The van der Waals surface area contributed by atoms with Gasteiger partial charge in [0.1, 0.15) is 6.61 Å². The number of fused-ring (bicyclic) bond motifs is 3. The Labute approximate surface area is 189 Å². The van der Waals surface area contributed by atoms with E-state index < -0.39 is 11.1 Å². The van der Waals surface area contributed by atoms with Crippen LogP contribution in [0.15, 0.2) is 102 Å². The standard InChI is InChI=1S/C28H21NO2S/c1-21-13-16-24(17-14-21)32(30)31-19-7-8-22-15-18-28-26(20-22)25-11-5-6-12-27(25)29(28)23-9-3-2-4-10-23/h2-6,9-18,20H,19H2,1H3/t32-/m0/s1. The van der Waals surface area contributed by atoms with Crippen molar-refractivity contribution in [3.05, 3.63) is 108 Å². The highest BCUT2D eigenvalue weighted by Gasteiger charge is 2.11. The van der Waals surface area contributed by atoms with Crippen molar-refractivity contribution in [1.29, 1.82) is 0 Å². The number of benzene rings is 4. The third-order valence-corrected chi connectivity index (χ3v) is 6.36. The topological polar surface area (TPSA) is 31.2 Å². The number of aryl methyl sites for hydroxylation is 1. The summed E-state index contributed by atoms with van der Waals surface area (Å²) in [7, 11) is 0. The molecule has 1 atom stereocenters. The largest absolute Gasteiger partial charge is 0.309 e. The number of rotatable bonds is 4. The summed E-state index contributed by atoms with van der Waals surface area (Å²) in [5, 5.41) is 2.34. The van der Waals surface area contributed by atoms with Gasteiger partial charge in [-0.25, -0.2) is 4.21 Å². The summed E-state index contributed by atoms with van der Waals surface area (Å²) >= 11 is -1.51. The van der Waals surface area contributed by atoms with Crippen LogP contribution in [-0.4, -0.2) is 15.4 Å². The summed E-state index contributed by atoms with van der Waals surface area (Å²) < 4.78 is 19.9. The fourth-order valence-corrected chi connectivity index (χ4v) is 4.50. The van der Waals surface area contributed by atoms with Gasteiger partial charge in [-0.2, -0.15) is 0 Å². The first-order valence-electron chi connectivity index (χ1n) is 10.4. The van der Waals surface area contributed by atoms with Crippen molar-refractivity contribution in [3.63, 3.8) is 0 Å². The molecule has 0 aliphatic carbocycles. The van der Waals surface area contributed by atoms with E-state index in [0.29, 0.717) is 4.90 Å². The Morgan fingerprint density at radius 1 is 0.812 bits per heavy atom. The van der Waals surface area contributed by atoms with Crippen molar-refractivity contribution in [2.24, 2.45) is 0 Å². The van der Waals surface area contributed by atoms with E-state index in [4.69, 9.17) is 4.18 Å². The van der Waals surface area contributed by atoms with Crippen molar-refractivity contribution in [2.75, 3.05) is 6.61 Å². The molecule has 0 unspecified atom stereocenters. The van der Waals surface area contributed by atoms with E-state index >= 15 is 0 Å². The number of para-hydroxylation sites is 2. The van der Waals surface area contributed by atoms with E-state index in [2.05, 4.69) is 77.1 Å². The van der Waals surface area contributed by atoms with Crippen molar-refractivity contribution in [1.82, 2.24) is 4.57 Å². The van der Waals surface area contributed by atoms with Gasteiger partial charge in [0.15, 0.2) is 11.1 Å². The molecule has 0 bridgehead atoms. The lowest BCUT2D eigenvalue weighted by molar-refractivity contribution is 0.402. The van der Waals surface area contributed by atoms with Gasteiger partial charge in [-0.1, -0.05) is 65.9 Å². The quantitative estimate of drug-likeness (QED) is 0.316. The van der Waals surface area contributed by atoms with Gasteiger partial charge < -0.3 is 4.57 Å². The van der Waals surface area contributed by atoms with Crippen LogP contribution >= 0.6 is 0 Å². The predicted octanol–water partition coefficient (Wildman–Crippen LogP) is 6.18. The SMILES string of the molecule is Cc1ccc([S@@](=O)OCC#Cc2ccc3c(c2)c2ccccc2n3-c2ccccc2)cc1. The van der Waals surface area contributed by atoms with Crippen LogP contribution in [0.3, 0.4) is 0 Å². The monoisotopic (exact) mass is 435 g/mol. The predicted molar refractivity (Wildman–Crippen MR) is 131 cm³/mol. The second kappa shape index (κ2) is 8.84. The van der Waals surface area contributed by atoms with Gasteiger partial charge in [-0.3, -0.25) is 4.18 Å². The molecular formula is C28H21NO2S. The van der Waals surface area contributed by atoms with Crippen LogP contribution in [0.5, 0.6) is 0 Å². The minimum absolute atomic E-state index is 0.101. The molecule has 32 heavy (non-hydrogen) atoms. The molecular weight excluding hydrogens is 414 g/mol. The molecule has 0 N–H and O–H groups in total.